The van der Waals surface area contributed by atoms with Crippen molar-refractivity contribution in [2.24, 2.45) is 11.8 Å². The maximum Gasteiger partial charge on any atom is 0.416 e. The molecule has 1 aromatic heterocycles. The van der Waals surface area contributed by atoms with E-state index in [4.69, 9.17) is 4.74 Å². The lowest BCUT2D eigenvalue weighted by atomic mass is 9.73. The second kappa shape index (κ2) is 10.6. The van der Waals surface area contributed by atoms with Crippen LogP contribution < -0.4 is 26.2 Å². The van der Waals surface area contributed by atoms with Crippen LogP contribution in [0.5, 0.6) is 5.75 Å². The van der Waals surface area contributed by atoms with Crippen LogP contribution in [0.25, 0.3) is 10.9 Å². The molecule has 3 aromatic carbocycles. The molecule has 2 bridgehead atoms. The number of nitrogens with one attached hydrogen (secondary N) is 2. The van der Waals surface area contributed by atoms with Crippen molar-refractivity contribution in [3.63, 3.8) is 0 Å². The molecular formula is C32H31F3N4O3. The molecule has 0 aliphatic carbocycles. The van der Waals surface area contributed by atoms with Gasteiger partial charge >= 0.3 is 6.18 Å². The van der Waals surface area contributed by atoms with Crippen molar-refractivity contribution in [1.82, 2.24) is 9.88 Å². The molecule has 3 saturated heterocycles. The molecule has 3 aliphatic heterocycles. The summed E-state index contributed by atoms with van der Waals surface area (Å²) in [7, 11) is 1.59. The highest BCUT2D eigenvalue weighted by molar-refractivity contribution is 5.85. The Labute approximate surface area is 240 Å². The fraction of sp³-hybridized carbons (Fsp3) is 0.344. The molecular weight excluding hydrogens is 545 g/mol. The molecule has 4 aromatic rings. The number of ether oxygens (including phenoxy) is 1. The number of aryl methyl sites for hydroxylation is 1. The fourth-order valence-corrected chi connectivity index (χ4v) is 6.62. The van der Waals surface area contributed by atoms with Crippen LogP contribution in [0.1, 0.15) is 35.6 Å². The van der Waals surface area contributed by atoms with Crippen LogP contribution in [-0.4, -0.2) is 36.1 Å². The molecule has 3 unspecified atom stereocenters. The van der Waals surface area contributed by atoms with Crippen LogP contribution in [0.4, 0.5) is 30.2 Å². The zero-order chi connectivity index (χ0) is 29.8. The number of piperidine rings is 3. The van der Waals surface area contributed by atoms with Crippen molar-refractivity contribution in [3.8, 4) is 5.75 Å². The average molecular weight is 577 g/mol. The van der Waals surface area contributed by atoms with Crippen LogP contribution in [0.15, 0.2) is 70.9 Å². The molecule has 4 heterocycles. The number of nitrogens with zero attached hydrogens (tertiary/aromatic N) is 2. The van der Waals surface area contributed by atoms with E-state index in [9.17, 15) is 22.8 Å². The number of fused-ring (bicyclic) bond motifs is 4. The van der Waals surface area contributed by atoms with E-state index < -0.39 is 28.6 Å². The van der Waals surface area contributed by atoms with Gasteiger partial charge in [-0.3, -0.25) is 19.5 Å². The van der Waals surface area contributed by atoms with Gasteiger partial charge in [-0.15, -0.1) is 6.58 Å². The summed E-state index contributed by atoms with van der Waals surface area (Å²) in [6, 6.07) is 10.6. The van der Waals surface area contributed by atoms with E-state index in [-0.39, 0.29) is 23.1 Å². The molecule has 42 heavy (non-hydrogen) atoms. The maximum absolute atomic E-state index is 13.5. The van der Waals surface area contributed by atoms with Gasteiger partial charge in [0.05, 0.1) is 24.2 Å². The number of anilines is 3. The van der Waals surface area contributed by atoms with Crippen LogP contribution in [0, 0.1) is 18.8 Å². The second-order valence-electron chi connectivity index (χ2n) is 11.3. The predicted molar refractivity (Wildman–Crippen MR) is 157 cm³/mol. The Morgan fingerprint density at radius 3 is 2.60 bits per heavy atom. The van der Waals surface area contributed by atoms with E-state index in [2.05, 4.69) is 27.1 Å². The van der Waals surface area contributed by atoms with Gasteiger partial charge < -0.3 is 15.4 Å². The van der Waals surface area contributed by atoms with Crippen molar-refractivity contribution in [2.75, 3.05) is 30.8 Å². The Balaban J connectivity index is 1.42. The number of pyridine rings is 1. The van der Waals surface area contributed by atoms with Gasteiger partial charge in [-0.2, -0.15) is 13.2 Å². The largest absolute Gasteiger partial charge is 0.497 e. The van der Waals surface area contributed by atoms with Gasteiger partial charge in [0.1, 0.15) is 17.1 Å². The first kappa shape index (κ1) is 28.0. The van der Waals surface area contributed by atoms with E-state index in [1.807, 2.05) is 30.3 Å². The van der Waals surface area contributed by atoms with Crippen molar-refractivity contribution < 1.29 is 17.9 Å². The van der Waals surface area contributed by atoms with Gasteiger partial charge in [-0.05, 0) is 91.7 Å². The summed E-state index contributed by atoms with van der Waals surface area (Å²) >= 11 is 0. The summed E-state index contributed by atoms with van der Waals surface area (Å²) in [4.78, 5) is 32.7. The molecule has 7 rings (SSSR count). The van der Waals surface area contributed by atoms with Crippen LogP contribution in [0.2, 0.25) is 0 Å². The maximum atomic E-state index is 13.5. The molecule has 3 fully saturated rings. The molecule has 0 spiro atoms. The van der Waals surface area contributed by atoms with E-state index in [1.165, 1.54) is 6.07 Å². The van der Waals surface area contributed by atoms with Gasteiger partial charge in [0.2, 0.25) is 0 Å². The number of hydrogen-bond donors (Lipinski definition) is 2. The summed E-state index contributed by atoms with van der Waals surface area (Å²) in [5.74, 6) is 1.46. The SMILES string of the molecule is C=CC1CN2CCC1C[C@@H]2[C@H](Nc1c(Nc2cc(C)cc(C(F)(F)F)c2)c(=O)c1=O)c1ccnc2ccc(OC)cc12. The van der Waals surface area contributed by atoms with E-state index in [0.29, 0.717) is 23.1 Å². The van der Waals surface area contributed by atoms with Gasteiger partial charge in [-0.25, -0.2) is 0 Å². The molecule has 0 radical (unpaired) electrons. The molecule has 7 nitrogen and oxygen atoms in total. The van der Waals surface area contributed by atoms with Crippen molar-refractivity contribution in [3.05, 3.63) is 98.5 Å². The lowest BCUT2D eigenvalue weighted by Gasteiger charge is -2.52. The minimum atomic E-state index is -4.55. The van der Waals surface area contributed by atoms with E-state index in [1.54, 1.807) is 20.2 Å². The molecule has 3 aliphatic rings. The number of hydrogen-bond acceptors (Lipinski definition) is 7. The fourth-order valence-electron chi connectivity index (χ4n) is 6.62. The monoisotopic (exact) mass is 576 g/mol. The van der Waals surface area contributed by atoms with Gasteiger partial charge in [0.25, 0.3) is 10.9 Å². The Bertz CT molecular complexity index is 1740. The lowest BCUT2D eigenvalue weighted by Crippen LogP contribution is -2.56. The lowest BCUT2D eigenvalue weighted by molar-refractivity contribution is -0.137. The third-order valence-corrected chi connectivity index (χ3v) is 8.74. The van der Waals surface area contributed by atoms with Gasteiger partial charge in [0.15, 0.2) is 0 Å². The Morgan fingerprint density at radius 2 is 1.90 bits per heavy atom. The molecule has 10 heteroatoms. The Morgan fingerprint density at radius 1 is 1.12 bits per heavy atom. The number of aromatic nitrogens is 1. The quantitative estimate of drug-likeness (QED) is 0.198. The van der Waals surface area contributed by atoms with E-state index in [0.717, 1.165) is 54.5 Å². The van der Waals surface area contributed by atoms with Crippen molar-refractivity contribution >= 4 is 28.0 Å². The molecule has 0 saturated carbocycles. The zero-order valence-electron chi connectivity index (χ0n) is 23.3. The van der Waals surface area contributed by atoms with Crippen molar-refractivity contribution in [2.45, 2.75) is 38.0 Å². The summed E-state index contributed by atoms with van der Waals surface area (Å²) < 4.78 is 45.9. The van der Waals surface area contributed by atoms with Gasteiger partial charge in [-0.1, -0.05) is 6.08 Å². The molecule has 2 N–H and O–H groups in total. The smallest absolute Gasteiger partial charge is 0.416 e. The average Bonchev–Trinajstić information content (AvgIpc) is 2.99. The standard InChI is InChI=1S/C32H31F3N4O3/c1-4-18-16-39-10-8-19(18)13-26(39)27(23-7-9-36-25-6-5-22(42-3)15-24(23)25)38-29-28(30(40)31(29)41)37-21-12-17(2)11-20(14-21)32(33,34)35/h4-7,9,11-12,14-15,18-19,26-27,37-38H,1,8,10,13,16H2,2-3H3/t18?,19?,26-,27-/m1/s1. The highest BCUT2D eigenvalue weighted by Crippen LogP contribution is 2.44. The highest BCUT2D eigenvalue weighted by Gasteiger charge is 2.43. The number of rotatable bonds is 8. The summed E-state index contributed by atoms with van der Waals surface area (Å²) in [6.07, 6.45) is 1.08. The Kier molecular flexibility index (Phi) is 7.04. The van der Waals surface area contributed by atoms with Crippen LogP contribution in [0.3, 0.4) is 0 Å². The van der Waals surface area contributed by atoms with E-state index >= 15 is 0 Å². The predicted octanol–water partition coefficient (Wildman–Crippen LogP) is 5.96. The second-order valence-corrected chi connectivity index (χ2v) is 11.3. The number of halogens is 3. The first-order valence-electron chi connectivity index (χ1n) is 13.9. The minimum Gasteiger partial charge on any atom is -0.497 e. The summed E-state index contributed by atoms with van der Waals surface area (Å²) in [5.41, 5.74) is -0.192. The minimum absolute atomic E-state index is 0.00944. The first-order chi connectivity index (χ1) is 20.1. The normalized spacial score (nSPS) is 22.7. The van der Waals surface area contributed by atoms with Crippen LogP contribution in [-0.2, 0) is 6.18 Å². The first-order valence-corrected chi connectivity index (χ1v) is 13.9. The highest BCUT2D eigenvalue weighted by atomic mass is 19.4. The molecule has 5 atom stereocenters. The van der Waals surface area contributed by atoms with Crippen LogP contribution >= 0.6 is 0 Å². The van der Waals surface area contributed by atoms with Gasteiger partial charge in [0, 0.05) is 29.9 Å². The number of benzene rings is 2. The Hall–Kier alpha value is -4.18. The summed E-state index contributed by atoms with van der Waals surface area (Å²) in [6.45, 7) is 7.30. The third kappa shape index (κ3) is 4.93. The van der Waals surface area contributed by atoms with Crippen molar-refractivity contribution in [1.29, 1.82) is 0 Å². The molecule has 218 valence electrons. The molecule has 0 amide bonds. The topological polar surface area (TPSA) is 83.6 Å². The number of alkyl halides is 3. The number of methoxy groups -OCH3 is 1. The zero-order valence-corrected chi connectivity index (χ0v) is 23.3. The summed E-state index contributed by atoms with van der Waals surface area (Å²) in [5, 5.41) is 7.05. The third-order valence-electron chi connectivity index (χ3n) is 8.74.